The Hall–Kier alpha value is -1.17. The van der Waals surface area contributed by atoms with E-state index in [1.165, 1.54) is 39.9 Å². The van der Waals surface area contributed by atoms with Crippen LogP contribution in [0, 0.1) is 0 Å². The number of unbranched alkanes of at least 4 members (excludes halogenated alkanes) is 6. The normalized spacial score (nSPS) is 13.3. The lowest BCUT2D eigenvalue weighted by molar-refractivity contribution is -0.158. The Morgan fingerprint density at radius 1 is 1.04 bits per heavy atom. The Labute approximate surface area is 141 Å². The summed E-state index contributed by atoms with van der Waals surface area (Å²) in [6, 6.07) is -0.229. The molecule has 0 aliphatic heterocycles. The summed E-state index contributed by atoms with van der Waals surface area (Å²) in [5.74, 6) is -0.397. The summed E-state index contributed by atoms with van der Waals surface area (Å²) in [4.78, 5) is 16.9. The number of carbonyl (C=O) groups excluding carboxylic acids is 1. The van der Waals surface area contributed by atoms with E-state index in [9.17, 15) is 4.79 Å². The van der Waals surface area contributed by atoms with Gasteiger partial charge in [0.15, 0.2) is 6.10 Å². The molecule has 0 aromatic rings. The molecule has 0 saturated carbocycles. The lowest BCUT2D eigenvalue weighted by Crippen LogP contribution is -2.46. The van der Waals surface area contributed by atoms with Crippen LogP contribution in [0.1, 0.15) is 51.4 Å². The van der Waals surface area contributed by atoms with E-state index in [1.807, 2.05) is 6.08 Å². The molecule has 134 valence electrons. The summed E-state index contributed by atoms with van der Waals surface area (Å²) in [6.45, 7) is 7.63. The summed E-state index contributed by atoms with van der Waals surface area (Å²) >= 11 is 0. The number of methoxy groups -OCH3 is 1. The van der Waals surface area contributed by atoms with Gasteiger partial charge in [-0.05, 0) is 19.3 Å². The molecule has 5 nitrogen and oxygen atoms in total. The Kier molecular flexibility index (Phi) is 14.9. The molecule has 0 heterocycles. The van der Waals surface area contributed by atoms with Crippen LogP contribution in [0.2, 0.25) is 0 Å². The summed E-state index contributed by atoms with van der Waals surface area (Å²) in [5.41, 5.74) is 2.85. The van der Waals surface area contributed by atoms with Crippen LogP contribution in [0.15, 0.2) is 25.3 Å². The molecule has 0 amide bonds. The van der Waals surface area contributed by atoms with Gasteiger partial charge in [0.05, 0.1) is 26.9 Å². The van der Waals surface area contributed by atoms with E-state index < -0.39 is 12.1 Å². The van der Waals surface area contributed by atoms with Crippen molar-refractivity contribution in [3.63, 3.8) is 0 Å². The van der Waals surface area contributed by atoms with Crippen LogP contribution in [0.5, 0.6) is 0 Å². The molecule has 1 N–H and O–H groups in total. The maximum absolute atomic E-state index is 11.9. The van der Waals surface area contributed by atoms with Crippen molar-refractivity contribution in [2.24, 2.45) is 0 Å². The van der Waals surface area contributed by atoms with Crippen molar-refractivity contribution in [1.82, 2.24) is 5.48 Å². The minimum atomic E-state index is -0.689. The number of ether oxygens (including phenoxy) is 2. The van der Waals surface area contributed by atoms with Crippen molar-refractivity contribution in [2.45, 2.75) is 63.5 Å². The van der Waals surface area contributed by atoms with Crippen molar-refractivity contribution in [3.8, 4) is 0 Å². The molecule has 0 bridgehead atoms. The van der Waals surface area contributed by atoms with E-state index in [0.29, 0.717) is 6.61 Å². The van der Waals surface area contributed by atoms with Crippen LogP contribution in [0.4, 0.5) is 0 Å². The number of esters is 1. The van der Waals surface area contributed by atoms with Gasteiger partial charge in [0.25, 0.3) is 0 Å². The van der Waals surface area contributed by atoms with E-state index in [1.54, 1.807) is 6.08 Å². The van der Waals surface area contributed by atoms with Crippen molar-refractivity contribution in [3.05, 3.63) is 25.3 Å². The fraction of sp³-hybridized carbons (Fsp3) is 0.722. The highest BCUT2D eigenvalue weighted by Crippen LogP contribution is 2.14. The molecule has 0 saturated heterocycles. The molecule has 0 rings (SSSR count). The first-order valence-corrected chi connectivity index (χ1v) is 8.41. The monoisotopic (exact) mass is 327 g/mol. The highest BCUT2D eigenvalue weighted by molar-refractivity contribution is 5.75. The van der Waals surface area contributed by atoms with Crippen LogP contribution < -0.4 is 5.48 Å². The molecule has 0 aromatic carbocycles. The van der Waals surface area contributed by atoms with Crippen LogP contribution in [0.3, 0.4) is 0 Å². The lowest BCUT2D eigenvalue weighted by atomic mass is 10.0. The number of rotatable bonds is 16. The Bertz CT molecular complexity index is 320. The average Bonchev–Trinajstić information content (AvgIpc) is 2.56. The summed E-state index contributed by atoms with van der Waals surface area (Å²) in [7, 11) is 2.90. The van der Waals surface area contributed by atoms with Crippen LogP contribution >= 0.6 is 0 Å². The molecule has 0 radical (unpaired) electrons. The zero-order chi connectivity index (χ0) is 17.3. The maximum atomic E-state index is 11.9. The van der Waals surface area contributed by atoms with Gasteiger partial charge in [0.2, 0.25) is 0 Å². The third-order valence-electron chi connectivity index (χ3n) is 3.64. The van der Waals surface area contributed by atoms with Crippen molar-refractivity contribution in [1.29, 1.82) is 0 Å². The van der Waals surface area contributed by atoms with Crippen molar-refractivity contribution in [2.75, 3.05) is 20.8 Å². The van der Waals surface area contributed by atoms with E-state index in [2.05, 4.69) is 18.6 Å². The third-order valence-corrected chi connectivity index (χ3v) is 3.64. The second kappa shape index (κ2) is 15.7. The van der Waals surface area contributed by atoms with Gasteiger partial charge in [-0.1, -0.05) is 44.3 Å². The summed E-state index contributed by atoms with van der Waals surface area (Å²) in [6.07, 6.45) is 11.8. The predicted octanol–water partition coefficient (Wildman–Crippen LogP) is 3.56. The van der Waals surface area contributed by atoms with Crippen molar-refractivity contribution < 1.29 is 19.1 Å². The minimum Gasteiger partial charge on any atom is -0.467 e. The largest absolute Gasteiger partial charge is 0.467 e. The predicted molar refractivity (Wildman–Crippen MR) is 93.0 cm³/mol. The summed E-state index contributed by atoms with van der Waals surface area (Å²) < 4.78 is 10.4. The highest BCUT2D eigenvalue weighted by atomic mass is 16.6. The van der Waals surface area contributed by atoms with Gasteiger partial charge in [0.1, 0.15) is 0 Å². The maximum Gasteiger partial charge on any atom is 0.336 e. The van der Waals surface area contributed by atoms with Crippen LogP contribution in [-0.2, 0) is 19.1 Å². The number of carbonyl (C=O) groups is 1. The number of hydrogen-bond donors (Lipinski definition) is 1. The van der Waals surface area contributed by atoms with Gasteiger partial charge in [0, 0.05) is 0 Å². The minimum absolute atomic E-state index is 0.229. The number of hydrogen-bond acceptors (Lipinski definition) is 5. The van der Waals surface area contributed by atoms with Gasteiger partial charge >= 0.3 is 5.97 Å². The fourth-order valence-electron chi connectivity index (χ4n) is 2.42. The van der Waals surface area contributed by atoms with Gasteiger partial charge < -0.3 is 14.3 Å². The van der Waals surface area contributed by atoms with Crippen LogP contribution in [0.25, 0.3) is 0 Å². The molecule has 0 spiro atoms. The summed E-state index contributed by atoms with van der Waals surface area (Å²) in [5, 5.41) is 0. The Morgan fingerprint density at radius 2 is 1.70 bits per heavy atom. The molecule has 0 aliphatic carbocycles. The average molecular weight is 327 g/mol. The van der Waals surface area contributed by atoms with E-state index in [4.69, 9.17) is 14.3 Å². The first-order chi connectivity index (χ1) is 11.2. The molecular weight excluding hydrogens is 294 g/mol. The zero-order valence-corrected chi connectivity index (χ0v) is 14.7. The SMILES string of the molecule is C=CCCCCCCCC[C@@H](NOC)[C@@H](OCC=C)C(=O)OC. The molecule has 5 heteroatoms. The highest BCUT2D eigenvalue weighted by Gasteiger charge is 2.29. The quantitative estimate of drug-likeness (QED) is 0.203. The number of nitrogens with one attached hydrogen (secondary N) is 1. The van der Waals surface area contributed by atoms with Gasteiger partial charge in [-0.3, -0.25) is 0 Å². The zero-order valence-electron chi connectivity index (χ0n) is 14.7. The fourth-order valence-corrected chi connectivity index (χ4v) is 2.42. The lowest BCUT2D eigenvalue weighted by Gasteiger charge is -2.25. The molecular formula is C18H33NO4. The molecule has 0 aliphatic rings. The van der Waals surface area contributed by atoms with Gasteiger partial charge in [-0.15, -0.1) is 13.2 Å². The van der Waals surface area contributed by atoms with Gasteiger partial charge in [-0.2, -0.15) is 5.48 Å². The Balaban J connectivity index is 4.16. The molecule has 2 atom stereocenters. The smallest absolute Gasteiger partial charge is 0.336 e. The number of allylic oxidation sites excluding steroid dienone is 1. The van der Waals surface area contributed by atoms with E-state index in [0.717, 1.165) is 25.7 Å². The second-order valence-corrected chi connectivity index (χ2v) is 5.48. The molecule has 0 aromatic heterocycles. The third kappa shape index (κ3) is 11.1. The molecule has 23 heavy (non-hydrogen) atoms. The van der Waals surface area contributed by atoms with Gasteiger partial charge in [-0.25, -0.2) is 4.79 Å². The van der Waals surface area contributed by atoms with E-state index in [-0.39, 0.29) is 6.04 Å². The van der Waals surface area contributed by atoms with Crippen LogP contribution in [-0.4, -0.2) is 38.9 Å². The topological polar surface area (TPSA) is 56.8 Å². The molecule has 0 fully saturated rings. The molecule has 0 unspecified atom stereocenters. The number of hydroxylamine groups is 1. The second-order valence-electron chi connectivity index (χ2n) is 5.48. The standard InChI is InChI=1S/C18H33NO4/c1-5-7-8-9-10-11-12-13-14-16(19-22-4)17(18(20)21-3)23-15-6-2/h5-6,16-17,19H,1-2,7-15H2,3-4H3/t16-,17-/m1/s1. The first-order valence-electron chi connectivity index (χ1n) is 8.41. The van der Waals surface area contributed by atoms with Crippen molar-refractivity contribution >= 4 is 5.97 Å². The first kappa shape index (κ1) is 21.8. The Morgan fingerprint density at radius 3 is 2.26 bits per heavy atom. The van der Waals surface area contributed by atoms with E-state index >= 15 is 0 Å².